The van der Waals surface area contributed by atoms with Crippen LogP contribution in [-0.2, 0) is 19.3 Å². The molecule has 4 rings (SSSR count). The summed E-state index contributed by atoms with van der Waals surface area (Å²) in [7, 11) is 0. The van der Waals surface area contributed by atoms with Gasteiger partial charge in [-0.05, 0) is 40.5 Å². The van der Waals surface area contributed by atoms with Gasteiger partial charge in [-0.3, -0.25) is 4.79 Å². The van der Waals surface area contributed by atoms with E-state index in [1.807, 2.05) is 24.3 Å². The lowest BCUT2D eigenvalue weighted by Crippen LogP contribution is -2.25. The van der Waals surface area contributed by atoms with Gasteiger partial charge in [-0.1, -0.05) is 48.5 Å². The van der Waals surface area contributed by atoms with Crippen LogP contribution in [0.15, 0.2) is 66.7 Å². The molecule has 0 spiro atoms. The number of phenols is 1. The Bertz CT molecular complexity index is 1030. The Kier molecular flexibility index (Phi) is 4.34. The van der Waals surface area contributed by atoms with Crippen LogP contribution in [0.2, 0.25) is 0 Å². The highest BCUT2D eigenvalue weighted by atomic mass is 19.4. The number of hydrogen-bond donors (Lipinski definition) is 1. The predicted molar refractivity (Wildman–Crippen MR) is 98.6 cm³/mol. The number of aromatic hydroxyl groups is 1. The molecule has 0 aromatic heterocycles. The second kappa shape index (κ2) is 6.71. The van der Waals surface area contributed by atoms with Crippen molar-refractivity contribution < 1.29 is 23.1 Å². The van der Waals surface area contributed by atoms with Crippen molar-refractivity contribution in [1.29, 1.82) is 0 Å². The highest BCUT2D eigenvalue weighted by Gasteiger charge is 2.33. The Morgan fingerprint density at radius 3 is 2.14 bits per heavy atom. The number of carbonyl (C=O) groups is 1. The first kappa shape index (κ1) is 18.1. The van der Waals surface area contributed by atoms with Crippen molar-refractivity contribution in [2.75, 3.05) is 0 Å². The summed E-state index contributed by atoms with van der Waals surface area (Å²) in [4.78, 5) is 14.5. The summed E-state index contributed by atoms with van der Waals surface area (Å²) in [5.74, 6) is -0.672. The Labute approximate surface area is 159 Å². The van der Waals surface area contributed by atoms with Crippen LogP contribution in [0.1, 0.15) is 27.0 Å². The summed E-state index contributed by atoms with van der Waals surface area (Å²) in [5.41, 5.74) is 1.44. The van der Waals surface area contributed by atoms with Gasteiger partial charge in [-0.15, -0.1) is 0 Å². The lowest BCUT2D eigenvalue weighted by Gasteiger charge is -2.18. The smallest absolute Gasteiger partial charge is 0.417 e. The zero-order valence-corrected chi connectivity index (χ0v) is 14.7. The molecule has 0 saturated heterocycles. The lowest BCUT2D eigenvalue weighted by atomic mass is 9.97. The molecule has 1 aliphatic heterocycles. The summed E-state index contributed by atoms with van der Waals surface area (Å²) < 4.78 is 40.0. The summed E-state index contributed by atoms with van der Waals surface area (Å²) in [6.07, 6.45) is -4.52. The average Bonchev–Trinajstić information content (AvgIpc) is 3.11. The zero-order valence-electron chi connectivity index (χ0n) is 14.7. The molecular weight excluding hydrogens is 367 g/mol. The number of amides is 1. The van der Waals surface area contributed by atoms with Gasteiger partial charge in [0.15, 0.2) is 0 Å². The van der Waals surface area contributed by atoms with E-state index in [1.54, 1.807) is 4.90 Å². The lowest BCUT2D eigenvalue weighted by molar-refractivity contribution is -0.137. The fourth-order valence-corrected chi connectivity index (χ4v) is 3.50. The molecule has 0 bridgehead atoms. The highest BCUT2D eigenvalue weighted by Crippen LogP contribution is 2.38. The van der Waals surface area contributed by atoms with Gasteiger partial charge in [0.2, 0.25) is 0 Å². The molecule has 0 fully saturated rings. The number of nitrogens with zero attached hydrogens (tertiary/aromatic N) is 1. The monoisotopic (exact) mass is 383 g/mol. The van der Waals surface area contributed by atoms with Crippen molar-refractivity contribution >= 4 is 5.91 Å². The van der Waals surface area contributed by atoms with Gasteiger partial charge in [0, 0.05) is 13.1 Å². The fraction of sp³-hybridized carbons (Fsp3) is 0.136. The maximum absolute atomic E-state index is 13.3. The van der Waals surface area contributed by atoms with E-state index in [-0.39, 0.29) is 22.4 Å². The molecule has 1 heterocycles. The average molecular weight is 383 g/mol. The van der Waals surface area contributed by atoms with Crippen LogP contribution in [-0.4, -0.2) is 15.9 Å². The molecule has 1 aliphatic rings. The van der Waals surface area contributed by atoms with Crippen LogP contribution in [0.3, 0.4) is 0 Å². The molecular formula is C22H16F3NO2. The number of halogens is 3. The van der Waals surface area contributed by atoms with Crippen LogP contribution in [0.25, 0.3) is 11.1 Å². The molecule has 0 atom stereocenters. The number of rotatable bonds is 2. The van der Waals surface area contributed by atoms with E-state index in [0.29, 0.717) is 13.1 Å². The van der Waals surface area contributed by atoms with Crippen molar-refractivity contribution in [3.8, 4) is 16.9 Å². The fourth-order valence-electron chi connectivity index (χ4n) is 3.50. The summed E-state index contributed by atoms with van der Waals surface area (Å²) in [5, 5.41) is 10.2. The number of benzene rings is 3. The molecule has 0 radical (unpaired) electrons. The van der Waals surface area contributed by atoms with E-state index < -0.39 is 17.6 Å². The summed E-state index contributed by atoms with van der Waals surface area (Å²) in [6, 6.07) is 16.8. The molecule has 1 N–H and O–H groups in total. The molecule has 0 unspecified atom stereocenters. The molecule has 142 valence electrons. The standard InChI is InChI=1S/C22H16F3NO2/c23-22(24,25)19-8-4-3-7-17(19)14-9-10-20(27)18(11-14)21(28)26-12-15-5-1-2-6-16(15)13-26/h1-11,27H,12-13H2. The van der Waals surface area contributed by atoms with Crippen LogP contribution in [0.4, 0.5) is 13.2 Å². The Balaban J connectivity index is 1.71. The van der Waals surface area contributed by atoms with Gasteiger partial charge < -0.3 is 10.0 Å². The summed E-state index contributed by atoms with van der Waals surface area (Å²) >= 11 is 0. The van der Waals surface area contributed by atoms with Gasteiger partial charge >= 0.3 is 6.18 Å². The topological polar surface area (TPSA) is 40.5 Å². The van der Waals surface area contributed by atoms with Crippen LogP contribution < -0.4 is 0 Å². The van der Waals surface area contributed by atoms with Crippen LogP contribution in [0.5, 0.6) is 5.75 Å². The summed E-state index contributed by atoms with van der Waals surface area (Å²) in [6.45, 7) is 0.801. The SMILES string of the molecule is O=C(c1cc(-c2ccccc2C(F)(F)F)ccc1O)N1Cc2ccccc2C1. The number of fused-ring (bicyclic) bond motifs is 1. The zero-order chi connectivity index (χ0) is 19.9. The quantitative estimate of drug-likeness (QED) is 0.658. The Hall–Kier alpha value is -3.28. The van der Waals surface area contributed by atoms with Gasteiger partial charge in [0.1, 0.15) is 5.75 Å². The van der Waals surface area contributed by atoms with Gasteiger partial charge in [-0.25, -0.2) is 0 Å². The van der Waals surface area contributed by atoms with Crippen molar-refractivity contribution in [1.82, 2.24) is 4.90 Å². The van der Waals surface area contributed by atoms with E-state index >= 15 is 0 Å². The van der Waals surface area contributed by atoms with Crippen molar-refractivity contribution in [2.45, 2.75) is 19.3 Å². The number of phenolic OH excluding ortho intramolecular Hbond substituents is 1. The molecule has 0 aliphatic carbocycles. The molecule has 3 aromatic carbocycles. The van der Waals surface area contributed by atoms with Crippen LogP contribution in [0, 0.1) is 0 Å². The van der Waals surface area contributed by atoms with E-state index in [0.717, 1.165) is 17.2 Å². The first-order valence-electron chi connectivity index (χ1n) is 8.70. The highest BCUT2D eigenvalue weighted by molar-refractivity contribution is 5.98. The third-order valence-corrected chi connectivity index (χ3v) is 4.90. The second-order valence-corrected chi connectivity index (χ2v) is 6.71. The number of carbonyl (C=O) groups excluding carboxylic acids is 1. The van der Waals surface area contributed by atoms with E-state index in [9.17, 15) is 23.1 Å². The molecule has 28 heavy (non-hydrogen) atoms. The van der Waals surface area contributed by atoms with E-state index in [2.05, 4.69) is 0 Å². The first-order valence-corrected chi connectivity index (χ1v) is 8.70. The first-order chi connectivity index (χ1) is 13.3. The normalized spacial score (nSPS) is 13.5. The van der Waals surface area contributed by atoms with Crippen molar-refractivity contribution in [2.24, 2.45) is 0 Å². The predicted octanol–water partition coefficient (Wildman–Crippen LogP) is 5.23. The largest absolute Gasteiger partial charge is 0.507 e. The number of alkyl halides is 3. The molecule has 3 nitrogen and oxygen atoms in total. The van der Waals surface area contributed by atoms with Gasteiger partial charge in [0.25, 0.3) is 5.91 Å². The molecule has 1 amide bonds. The third kappa shape index (κ3) is 3.22. The molecule has 0 saturated carbocycles. The molecule has 3 aromatic rings. The number of hydrogen-bond acceptors (Lipinski definition) is 2. The van der Waals surface area contributed by atoms with Gasteiger partial charge in [-0.2, -0.15) is 13.2 Å². The Morgan fingerprint density at radius 1 is 0.893 bits per heavy atom. The Morgan fingerprint density at radius 2 is 1.50 bits per heavy atom. The minimum atomic E-state index is -4.52. The maximum atomic E-state index is 13.3. The van der Waals surface area contributed by atoms with E-state index in [4.69, 9.17) is 0 Å². The maximum Gasteiger partial charge on any atom is 0.417 e. The minimum absolute atomic E-state index is 0.0118. The molecule has 6 heteroatoms. The van der Waals surface area contributed by atoms with Gasteiger partial charge in [0.05, 0.1) is 11.1 Å². The van der Waals surface area contributed by atoms with E-state index in [1.165, 1.54) is 36.4 Å². The second-order valence-electron chi connectivity index (χ2n) is 6.71. The van der Waals surface area contributed by atoms with Crippen LogP contribution >= 0.6 is 0 Å². The minimum Gasteiger partial charge on any atom is -0.507 e. The van der Waals surface area contributed by atoms with Crippen molar-refractivity contribution in [3.05, 3.63) is 89.0 Å². The van der Waals surface area contributed by atoms with Crippen molar-refractivity contribution in [3.63, 3.8) is 0 Å². The third-order valence-electron chi connectivity index (χ3n) is 4.90.